The van der Waals surface area contributed by atoms with Crippen LogP contribution in [0.25, 0.3) is 11.3 Å². The van der Waals surface area contributed by atoms with Crippen molar-refractivity contribution in [2.24, 2.45) is 0 Å². The molecule has 0 aliphatic carbocycles. The largest absolute Gasteiger partial charge is 0.497 e. The van der Waals surface area contributed by atoms with Crippen molar-refractivity contribution in [3.8, 4) is 17.0 Å². The number of thiazole rings is 1. The summed E-state index contributed by atoms with van der Waals surface area (Å²) in [6.07, 6.45) is 1.48. The molecule has 0 atom stereocenters. The standard InChI is InChI=1S/C21H20FN3O4S2/c1-29-16-7-4-14(5-8-16)18-13-30-21(23-18)24-20(26)15-6-9-17(22)19(12-15)31(27,28)25-10-2-3-11-25/h4-9,12-13H,2-3,10-11H2,1H3,(H,23,24,26). The number of halogens is 1. The average molecular weight is 462 g/mol. The first kappa shape index (κ1) is 21.4. The van der Waals surface area contributed by atoms with Gasteiger partial charge in [-0.15, -0.1) is 11.3 Å². The Balaban J connectivity index is 1.53. The van der Waals surface area contributed by atoms with E-state index in [4.69, 9.17) is 4.74 Å². The predicted molar refractivity (Wildman–Crippen MR) is 116 cm³/mol. The van der Waals surface area contributed by atoms with E-state index in [0.717, 1.165) is 36.3 Å². The summed E-state index contributed by atoms with van der Waals surface area (Å²) >= 11 is 1.24. The van der Waals surface area contributed by atoms with Gasteiger partial charge in [0.15, 0.2) is 5.13 Å². The summed E-state index contributed by atoms with van der Waals surface area (Å²) in [7, 11) is -2.39. The molecule has 10 heteroatoms. The van der Waals surface area contributed by atoms with Crippen LogP contribution < -0.4 is 10.1 Å². The lowest BCUT2D eigenvalue weighted by Gasteiger charge is -2.16. The highest BCUT2D eigenvalue weighted by molar-refractivity contribution is 7.89. The molecule has 1 saturated heterocycles. The van der Waals surface area contributed by atoms with E-state index in [0.29, 0.717) is 23.9 Å². The SMILES string of the molecule is COc1ccc(-c2csc(NC(=O)c3ccc(F)c(S(=O)(=O)N4CCCC4)c3)n2)cc1. The average Bonchev–Trinajstić information content (AvgIpc) is 3.47. The van der Waals surface area contributed by atoms with Gasteiger partial charge in [0, 0.05) is 29.6 Å². The summed E-state index contributed by atoms with van der Waals surface area (Å²) in [6.45, 7) is 0.705. The maximum Gasteiger partial charge on any atom is 0.257 e. The van der Waals surface area contributed by atoms with Crippen molar-refractivity contribution in [3.63, 3.8) is 0 Å². The van der Waals surface area contributed by atoms with Gasteiger partial charge < -0.3 is 4.74 Å². The highest BCUT2D eigenvalue weighted by Crippen LogP contribution is 2.28. The zero-order valence-electron chi connectivity index (χ0n) is 16.7. The third kappa shape index (κ3) is 4.46. The number of hydrogen-bond donors (Lipinski definition) is 1. The van der Waals surface area contributed by atoms with Crippen LogP contribution in [-0.4, -0.2) is 43.8 Å². The maximum absolute atomic E-state index is 14.3. The van der Waals surface area contributed by atoms with Gasteiger partial charge in [0.2, 0.25) is 10.0 Å². The van der Waals surface area contributed by atoms with Gasteiger partial charge in [-0.2, -0.15) is 4.31 Å². The molecule has 31 heavy (non-hydrogen) atoms. The summed E-state index contributed by atoms with van der Waals surface area (Å²) in [6, 6.07) is 10.7. The minimum Gasteiger partial charge on any atom is -0.497 e. The Morgan fingerprint density at radius 1 is 1.16 bits per heavy atom. The molecule has 1 amide bonds. The van der Waals surface area contributed by atoms with Crippen molar-refractivity contribution in [1.29, 1.82) is 0 Å². The van der Waals surface area contributed by atoms with Gasteiger partial charge in [0.1, 0.15) is 16.5 Å². The monoisotopic (exact) mass is 461 g/mol. The van der Waals surface area contributed by atoms with Gasteiger partial charge >= 0.3 is 0 Å². The van der Waals surface area contributed by atoms with E-state index in [-0.39, 0.29) is 5.56 Å². The maximum atomic E-state index is 14.3. The molecular weight excluding hydrogens is 441 g/mol. The zero-order chi connectivity index (χ0) is 22.0. The van der Waals surface area contributed by atoms with E-state index < -0.39 is 26.6 Å². The molecule has 0 spiro atoms. The molecule has 1 fully saturated rings. The Labute approximate surface area is 183 Å². The minimum absolute atomic E-state index is 0.0420. The number of anilines is 1. The highest BCUT2D eigenvalue weighted by atomic mass is 32.2. The van der Waals surface area contributed by atoms with Crippen LogP contribution in [0.2, 0.25) is 0 Å². The molecule has 1 aliphatic heterocycles. The first-order valence-electron chi connectivity index (χ1n) is 9.59. The van der Waals surface area contributed by atoms with E-state index in [1.54, 1.807) is 12.5 Å². The minimum atomic E-state index is -3.98. The fourth-order valence-corrected chi connectivity index (χ4v) is 5.63. The molecule has 0 saturated carbocycles. The van der Waals surface area contributed by atoms with E-state index in [1.165, 1.54) is 21.7 Å². The van der Waals surface area contributed by atoms with Gasteiger partial charge in [-0.3, -0.25) is 10.1 Å². The topological polar surface area (TPSA) is 88.6 Å². The van der Waals surface area contributed by atoms with Gasteiger partial charge in [-0.05, 0) is 55.3 Å². The van der Waals surface area contributed by atoms with Crippen LogP contribution >= 0.6 is 11.3 Å². The van der Waals surface area contributed by atoms with Crippen LogP contribution in [0, 0.1) is 5.82 Å². The Morgan fingerprint density at radius 3 is 2.55 bits per heavy atom. The fourth-order valence-electron chi connectivity index (χ4n) is 3.30. The molecule has 2 aromatic carbocycles. The lowest BCUT2D eigenvalue weighted by Crippen LogP contribution is -2.29. The number of aromatic nitrogens is 1. The molecular formula is C21H20FN3O4S2. The smallest absolute Gasteiger partial charge is 0.257 e. The quantitative estimate of drug-likeness (QED) is 0.600. The predicted octanol–water partition coefficient (Wildman–Crippen LogP) is 3.99. The zero-order valence-corrected chi connectivity index (χ0v) is 18.3. The van der Waals surface area contributed by atoms with Crippen molar-refractivity contribution < 1.29 is 22.3 Å². The van der Waals surface area contributed by atoms with E-state index in [2.05, 4.69) is 10.3 Å². The van der Waals surface area contributed by atoms with Crippen molar-refractivity contribution in [1.82, 2.24) is 9.29 Å². The number of carbonyl (C=O) groups excluding carboxylic acids is 1. The van der Waals surface area contributed by atoms with Crippen LogP contribution in [-0.2, 0) is 10.0 Å². The lowest BCUT2D eigenvalue weighted by molar-refractivity contribution is 0.102. The van der Waals surface area contributed by atoms with E-state index in [1.807, 2.05) is 24.3 Å². The van der Waals surface area contributed by atoms with Gasteiger partial charge in [0.05, 0.1) is 12.8 Å². The Bertz CT molecular complexity index is 1200. The molecule has 0 bridgehead atoms. The van der Waals surface area contributed by atoms with Crippen LogP contribution in [0.3, 0.4) is 0 Å². The summed E-state index contributed by atoms with van der Waals surface area (Å²) < 4.78 is 46.1. The third-order valence-electron chi connectivity index (χ3n) is 4.99. The molecule has 7 nitrogen and oxygen atoms in total. The number of hydrogen-bond acceptors (Lipinski definition) is 6. The van der Waals surface area contributed by atoms with E-state index in [9.17, 15) is 17.6 Å². The van der Waals surface area contributed by atoms with Crippen LogP contribution in [0.1, 0.15) is 23.2 Å². The number of methoxy groups -OCH3 is 1. The second-order valence-electron chi connectivity index (χ2n) is 6.98. The summed E-state index contributed by atoms with van der Waals surface area (Å²) in [4.78, 5) is 16.6. The fraction of sp³-hybridized carbons (Fsp3) is 0.238. The summed E-state index contributed by atoms with van der Waals surface area (Å²) in [5, 5.41) is 4.80. The molecule has 2 heterocycles. The normalized spacial score (nSPS) is 14.5. The van der Waals surface area contributed by atoms with Crippen LogP contribution in [0.15, 0.2) is 52.7 Å². The molecule has 1 aromatic heterocycles. The summed E-state index contributed by atoms with van der Waals surface area (Å²) in [5.74, 6) is -0.712. The van der Waals surface area contributed by atoms with E-state index >= 15 is 0 Å². The van der Waals surface area contributed by atoms with Gasteiger partial charge in [-0.25, -0.2) is 17.8 Å². The third-order valence-corrected chi connectivity index (χ3v) is 7.66. The number of sulfonamides is 1. The second-order valence-corrected chi connectivity index (χ2v) is 9.74. The van der Waals surface area contributed by atoms with Gasteiger partial charge in [-0.1, -0.05) is 0 Å². The molecule has 162 valence electrons. The summed E-state index contributed by atoms with van der Waals surface area (Å²) in [5.41, 5.74) is 1.58. The number of carbonyl (C=O) groups is 1. The molecule has 4 rings (SSSR count). The number of amides is 1. The van der Waals surface area contributed by atoms with Crippen LogP contribution in [0.4, 0.5) is 9.52 Å². The highest BCUT2D eigenvalue weighted by Gasteiger charge is 2.30. The molecule has 0 radical (unpaired) electrons. The van der Waals surface area contributed by atoms with Crippen molar-refractivity contribution >= 4 is 32.4 Å². The Morgan fingerprint density at radius 2 is 1.87 bits per heavy atom. The van der Waals surface area contributed by atoms with Crippen molar-refractivity contribution in [2.45, 2.75) is 17.7 Å². The molecule has 0 unspecified atom stereocenters. The lowest BCUT2D eigenvalue weighted by atomic mass is 10.2. The van der Waals surface area contributed by atoms with Crippen molar-refractivity contribution in [3.05, 3.63) is 59.2 Å². The Hall–Kier alpha value is -2.82. The number of ether oxygens (including phenoxy) is 1. The van der Waals surface area contributed by atoms with Crippen molar-refractivity contribution in [2.75, 3.05) is 25.5 Å². The van der Waals surface area contributed by atoms with Gasteiger partial charge in [0.25, 0.3) is 5.91 Å². The molecule has 1 N–H and O–H groups in total. The Kier molecular flexibility index (Phi) is 6.03. The first-order chi connectivity index (χ1) is 14.9. The first-order valence-corrected chi connectivity index (χ1v) is 11.9. The number of benzene rings is 2. The molecule has 1 aliphatic rings. The second kappa shape index (κ2) is 8.74. The van der Waals surface area contributed by atoms with Crippen LogP contribution in [0.5, 0.6) is 5.75 Å². The number of nitrogens with one attached hydrogen (secondary N) is 1. The molecule has 3 aromatic rings. The number of rotatable bonds is 6. The number of nitrogens with zero attached hydrogens (tertiary/aromatic N) is 2.